The lowest BCUT2D eigenvalue weighted by atomic mass is 9.99. The molecule has 1 N–H and O–H groups in total. The van der Waals surface area contributed by atoms with Crippen LogP contribution in [-0.4, -0.2) is 46.1 Å². The number of aromatic nitrogens is 1. The van der Waals surface area contributed by atoms with E-state index in [2.05, 4.69) is 10.3 Å². The van der Waals surface area contributed by atoms with Crippen LogP contribution in [0.3, 0.4) is 0 Å². The molecule has 1 fully saturated rings. The lowest BCUT2D eigenvalue weighted by Gasteiger charge is -2.41. The van der Waals surface area contributed by atoms with E-state index in [1.807, 2.05) is 12.3 Å². The molecule has 1 aliphatic rings. The highest BCUT2D eigenvalue weighted by atomic mass is 32.2. The van der Waals surface area contributed by atoms with E-state index in [4.69, 9.17) is 0 Å². The molecule has 110 valence electrons. The van der Waals surface area contributed by atoms with E-state index in [-0.39, 0.29) is 11.8 Å². The number of nitrogens with zero attached hydrogens (tertiary/aromatic N) is 2. The van der Waals surface area contributed by atoms with E-state index in [9.17, 15) is 9.59 Å². The van der Waals surface area contributed by atoms with Gasteiger partial charge in [-0.05, 0) is 20.8 Å². The van der Waals surface area contributed by atoms with Crippen LogP contribution < -0.4 is 5.32 Å². The Morgan fingerprint density at radius 1 is 1.60 bits per heavy atom. The van der Waals surface area contributed by atoms with E-state index in [0.717, 1.165) is 16.5 Å². The van der Waals surface area contributed by atoms with Gasteiger partial charge >= 0.3 is 0 Å². The summed E-state index contributed by atoms with van der Waals surface area (Å²) in [5.74, 6) is 1.04. The number of thioether (sulfide) groups is 1. The summed E-state index contributed by atoms with van der Waals surface area (Å²) < 4.78 is 0. The van der Waals surface area contributed by atoms with Gasteiger partial charge in [-0.15, -0.1) is 23.1 Å². The maximum Gasteiger partial charge on any atom is 0.245 e. The Morgan fingerprint density at radius 2 is 2.35 bits per heavy atom. The largest absolute Gasteiger partial charge is 0.352 e. The van der Waals surface area contributed by atoms with Crippen molar-refractivity contribution < 1.29 is 9.59 Å². The van der Waals surface area contributed by atoms with E-state index in [1.165, 1.54) is 0 Å². The summed E-state index contributed by atoms with van der Waals surface area (Å²) in [5, 5.41) is 5.85. The van der Waals surface area contributed by atoms with Gasteiger partial charge in [-0.2, -0.15) is 0 Å². The van der Waals surface area contributed by atoms with Crippen LogP contribution in [0, 0.1) is 6.92 Å². The molecule has 0 aromatic carbocycles. The number of nitrogens with one attached hydrogen (secondary N) is 1. The minimum atomic E-state index is -0.757. The Bertz CT molecular complexity index is 513. The molecule has 0 radical (unpaired) electrons. The zero-order valence-electron chi connectivity index (χ0n) is 11.9. The molecule has 5 nitrogen and oxygen atoms in total. The van der Waals surface area contributed by atoms with Crippen LogP contribution >= 0.6 is 23.1 Å². The molecule has 0 bridgehead atoms. The fourth-order valence-corrected chi connectivity index (χ4v) is 3.64. The van der Waals surface area contributed by atoms with Gasteiger partial charge in [0, 0.05) is 24.2 Å². The smallest absolute Gasteiger partial charge is 0.245 e. The second-order valence-electron chi connectivity index (χ2n) is 5.21. The fourth-order valence-electron chi connectivity index (χ4n) is 2.13. The number of piperazine rings is 1. The predicted molar refractivity (Wildman–Crippen MR) is 81.8 cm³/mol. The number of hydrogen-bond donors (Lipinski definition) is 1. The zero-order chi connectivity index (χ0) is 14.8. The fraction of sp³-hybridized carbons (Fsp3) is 0.615. The standard InChI is InChI=1S/C13H19N3O2S2/c1-9-15-10(7-20-9)6-19-8-11(17)16-5-4-14-12(18)13(16,2)3/h7H,4-6,8H2,1-3H3,(H,14,18). The Balaban J connectivity index is 1.86. The molecule has 1 aromatic rings. The molecular formula is C13H19N3O2S2. The molecular weight excluding hydrogens is 294 g/mol. The highest BCUT2D eigenvalue weighted by Gasteiger charge is 2.39. The van der Waals surface area contributed by atoms with Crippen molar-refractivity contribution in [3.63, 3.8) is 0 Å². The van der Waals surface area contributed by atoms with Crippen molar-refractivity contribution in [2.24, 2.45) is 0 Å². The third-order valence-electron chi connectivity index (χ3n) is 3.29. The number of amides is 2. The summed E-state index contributed by atoms with van der Waals surface area (Å²) >= 11 is 3.16. The molecule has 7 heteroatoms. The Hall–Kier alpha value is -1.08. The summed E-state index contributed by atoms with van der Waals surface area (Å²) in [7, 11) is 0. The summed E-state index contributed by atoms with van der Waals surface area (Å²) in [6.07, 6.45) is 0. The molecule has 0 spiro atoms. The maximum atomic E-state index is 12.3. The van der Waals surface area contributed by atoms with Crippen molar-refractivity contribution in [3.8, 4) is 0 Å². The zero-order valence-corrected chi connectivity index (χ0v) is 13.6. The predicted octanol–water partition coefficient (Wildman–Crippen LogP) is 1.42. The first-order chi connectivity index (χ1) is 9.41. The highest BCUT2D eigenvalue weighted by Crippen LogP contribution is 2.21. The van der Waals surface area contributed by atoms with Crippen LogP contribution in [0.4, 0.5) is 0 Å². The van der Waals surface area contributed by atoms with E-state index in [1.54, 1.807) is 41.8 Å². The number of hydrogen-bond acceptors (Lipinski definition) is 5. The van der Waals surface area contributed by atoms with Crippen LogP contribution in [-0.2, 0) is 15.3 Å². The van der Waals surface area contributed by atoms with Crippen LogP contribution in [0.5, 0.6) is 0 Å². The van der Waals surface area contributed by atoms with Crippen molar-refractivity contribution in [2.45, 2.75) is 32.1 Å². The van der Waals surface area contributed by atoms with Crippen LogP contribution in [0.1, 0.15) is 24.5 Å². The third kappa shape index (κ3) is 3.32. The summed E-state index contributed by atoms with van der Waals surface area (Å²) in [4.78, 5) is 30.1. The minimum absolute atomic E-state index is 0.0156. The van der Waals surface area contributed by atoms with Crippen molar-refractivity contribution in [3.05, 3.63) is 16.1 Å². The van der Waals surface area contributed by atoms with Gasteiger partial charge in [-0.25, -0.2) is 4.98 Å². The molecule has 1 aliphatic heterocycles. The summed E-state index contributed by atoms with van der Waals surface area (Å²) in [6.45, 7) is 6.65. The Labute approximate surface area is 127 Å². The molecule has 1 aromatic heterocycles. The molecule has 1 saturated heterocycles. The van der Waals surface area contributed by atoms with Crippen molar-refractivity contribution >= 4 is 34.9 Å². The summed E-state index contributed by atoms with van der Waals surface area (Å²) in [5.41, 5.74) is 0.258. The highest BCUT2D eigenvalue weighted by molar-refractivity contribution is 7.99. The minimum Gasteiger partial charge on any atom is -0.352 e. The quantitative estimate of drug-likeness (QED) is 0.913. The molecule has 20 heavy (non-hydrogen) atoms. The van der Waals surface area contributed by atoms with Gasteiger partial charge in [0.15, 0.2) is 0 Å². The van der Waals surface area contributed by atoms with Gasteiger partial charge in [-0.3, -0.25) is 9.59 Å². The second kappa shape index (κ2) is 6.13. The van der Waals surface area contributed by atoms with Gasteiger partial charge in [-0.1, -0.05) is 0 Å². The normalized spacial score (nSPS) is 17.9. The van der Waals surface area contributed by atoms with Gasteiger partial charge in [0.05, 0.1) is 16.5 Å². The van der Waals surface area contributed by atoms with E-state index >= 15 is 0 Å². The number of aryl methyl sites for hydroxylation is 1. The third-order valence-corrected chi connectivity index (χ3v) is 5.07. The summed E-state index contributed by atoms with van der Waals surface area (Å²) in [6, 6.07) is 0. The van der Waals surface area contributed by atoms with Crippen LogP contribution in [0.15, 0.2) is 5.38 Å². The lowest BCUT2D eigenvalue weighted by molar-refractivity contribution is -0.147. The topological polar surface area (TPSA) is 62.3 Å². The van der Waals surface area contributed by atoms with Gasteiger partial charge in [0.2, 0.25) is 11.8 Å². The van der Waals surface area contributed by atoms with Gasteiger partial charge < -0.3 is 10.2 Å². The van der Waals surface area contributed by atoms with Crippen LogP contribution in [0.25, 0.3) is 0 Å². The maximum absolute atomic E-state index is 12.3. The van der Waals surface area contributed by atoms with Crippen LogP contribution in [0.2, 0.25) is 0 Å². The SMILES string of the molecule is Cc1nc(CSCC(=O)N2CCNC(=O)C2(C)C)cs1. The molecule has 2 rings (SSSR count). The molecule has 0 unspecified atom stereocenters. The number of carbonyl (C=O) groups is 2. The monoisotopic (exact) mass is 313 g/mol. The van der Waals surface area contributed by atoms with E-state index < -0.39 is 5.54 Å². The van der Waals surface area contributed by atoms with Gasteiger partial charge in [0.25, 0.3) is 0 Å². The Morgan fingerprint density at radius 3 is 3.00 bits per heavy atom. The van der Waals surface area contributed by atoms with E-state index in [0.29, 0.717) is 18.8 Å². The average Bonchev–Trinajstić information content (AvgIpc) is 2.78. The molecule has 2 amide bonds. The lowest BCUT2D eigenvalue weighted by Crippen LogP contribution is -2.63. The molecule has 0 aliphatic carbocycles. The number of rotatable bonds is 4. The molecule has 0 saturated carbocycles. The number of thiazole rings is 1. The van der Waals surface area contributed by atoms with Crippen molar-refractivity contribution in [1.82, 2.24) is 15.2 Å². The molecule has 0 atom stereocenters. The molecule has 2 heterocycles. The first-order valence-corrected chi connectivity index (χ1v) is 8.52. The first kappa shape index (κ1) is 15.3. The average molecular weight is 313 g/mol. The second-order valence-corrected chi connectivity index (χ2v) is 7.26. The van der Waals surface area contributed by atoms with Crippen molar-refractivity contribution in [2.75, 3.05) is 18.8 Å². The Kier molecular flexibility index (Phi) is 4.70. The van der Waals surface area contributed by atoms with Crippen molar-refractivity contribution in [1.29, 1.82) is 0 Å². The van der Waals surface area contributed by atoms with Gasteiger partial charge in [0.1, 0.15) is 5.54 Å². The number of carbonyl (C=O) groups excluding carboxylic acids is 2. The first-order valence-electron chi connectivity index (χ1n) is 6.49.